The third-order valence-electron chi connectivity index (χ3n) is 6.31. The number of hydrazone groups is 1. The number of ether oxygens (including phenoxy) is 2. The van der Waals surface area contributed by atoms with E-state index in [0.29, 0.717) is 30.0 Å². The summed E-state index contributed by atoms with van der Waals surface area (Å²) in [5, 5.41) is 7.16. The summed E-state index contributed by atoms with van der Waals surface area (Å²) in [5.41, 5.74) is 8.31. The first kappa shape index (κ1) is 23.0. The normalized spacial score (nSPS) is 25.9. The van der Waals surface area contributed by atoms with Gasteiger partial charge in [-0.25, -0.2) is 21.0 Å². The summed E-state index contributed by atoms with van der Waals surface area (Å²) in [5.74, 6) is 6.66. The first-order chi connectivity index (χ1) is 15.0. The molecule has 3 rings (SSSR count). The maximum atomic E-state index is 12.9. The lowest BCUT2D eigenvalue weighted by Crippen LogP contribution is -2.51. The Morgan fingerprint density at radius 1 is 1.23 bits per heavy atom. The number of amidine groups is 1. The molecule has 1 saturated heterocycles. The highest BCUT2D eigenvalue weighted by molar-refractivity contribution is 5.93. The second kappa shape index (κ2) is 11.1. The van der Waals surface area contributed by atoms with Gasteiger partial charge in [-0.05, 0) is 69.0 Å². The van der Waals surface area contributed by atoms with Crippen LogP contribution in [0.25, 0.3) is 0 Å². The Kier molecular flexibility index (Phi) is 8.25. The molecule has 0 amide bonds. The molecule has 2 aliphatic rings. The Labute approximate surface area is 182 Å². The molecule has 31 heavy (non-hydrogen) atoms. The van der Waals surface area contributed by atoms with Crippen LogP contribution in [0.15, 0.2) is 29.4 Å². The van der Waals surface area contributed by atoms with Crippen molar-refractivity contribution in [3.63, 3.8) is 0 Å². The fourth-order valence-electron chi connectivity index (χ4n) is 4.71. The molecule has 1 aliphatic heterocycles. The van der Waals surface area contributed by atoms with Crippen molar-refractivity contribution in [3.8, 4) is 5.75 Å². The molecule has 1 heterocycles. The van der Waals surface area contributed by atoms with Crippen LogP contribution in [0.3, 0.4) is 0 Å². The Morgan fingerprint density at radius 3 is 2.81 bits per heavy atom. The minimum atomic E-state index is -0.495. The number of benzene rings is 1. The molecule has 4 unspecified atom stereocenters. The van der Waals surface area contributed by atoms with Crippen molar-refractivity contribution >= 4 is 17.8 Å². The van der Waals surface area contributed by atoms with E-state index >= 15 is 0 Å². The lowest BCUT2D eigenvalue weighted by atomic mass is 9.69. The molecule has 170 valence electrons. The van der Waals surface area contributed by atoms with E-state index < -0.39 is 5.97 Å². The van der Waals surface area contributed by atoms with E-state index in [0.717, 1.165) is 38.6 Å². The highest BCUT2D eigenvalue weighted by atomic mass is 16.5. The summed E-state index contributed by atoms with van der Waals surface area (Å²) in [6, 6.07) is 6.29. The fourth-order valence-corrected chi connectivity index (χ4v) is 4.71. The molecule has 1 aromatic rings. The average Bonchev–Trinajstić information content (AvgIpc) is 2.78. The van der Waals surface area contributed by atoms with Crippen LogP contribution in [0, 0.1) is 17.8 Å². The quantitative estimate of drug-likeness (QED) is 0.122. The summed E-state index contributed by atoms with van der Waals surface area (Å²) >= 11 is 0. The molecule has 1 aliphatic carbocycles. The zero-order valence-electron chi connectivity index (χ0n) is 18.0. The van der Waals surface area contributed by atoms with Gasteiger partial charge in [-0.15, -0.1) is 0 Å². The van der Waals surface area contributed by atoms with Gasteiger partial charge in [-0.1, -0.05) is 18.6 Å². The monoisotopic (exact) mass is 431 g/mol. The van der Waals surface area contributed by atoms with Gasteiger partial charge in [0.05, 0.1) is 6.61 Å². The van der Waals surface area contributed by atoms with Crippen molar-refractivity contribution < 1.29 is 19.1 Å². The fraction of sp³-hybridized carbons (Fsp3) is 0.591. The number of carbonyl (C=O) groups is 2. The second-order valence-electron chi connectivity index (χ2n) is 8.30. The zero-order chi connectivity index (χ0) is 22.2. The number of fused-ring (bicyclic) bond motifs is 1. The van der Waals surface area contributed by atoms with E-state index in [9.17, 15) is 9.59 Å². The van der Waals surface area contributed by atoms with Gasteiger partial charge in [0.2, 0.25) is 0 Å². The smallest absolute Gasteiger partial charge is 0.341 e. The SMILES string of the molecule is CCOC(=O)c1ccccc1OC(=O)C1CC2CC(CC/C(N)=N/NN)CCC2CN1. The van der Waals surface area contributed by atoms with Gasteiger partial charge >= 0.3 is 11.9 Å². The Bertz CT molecular complexity index is 800. The van der Waals surface area contributed by atoms with Crippen LogP contribution in [-0.2, 0) is 9.53 Å². The Hall–Kier alpha value is -2.65. The van der Waals surface area contributed by atoms with Gasteiger partial charge in [0.15, 0.2) is 0 Å². The summed E-state index contributed by atoms with van der Waals surface area (Å²) in [6.45, 7) is 2.80. The minimum Gasteiger partial charge on any atom is -0.462 e. The van der Waals surface area contributed by atoms with Crippen molar-refractivity contribution in [2.75, 3.05) is 13.2 Å². The maximum Gasteiger partial charge on any atom is 0.341 e. The molecular formula is C22H33N5O4. The number of nitrogens with one attached hydrogen (secondary N) is 2. The first-order valence-corrected chi connectivity index (χ1v) is 11.0. The topological polar surface area (TPSA) is 141 Å². The number of hydrazine groups is 1. The molecule has 9 heteroatoms. The standard InChI is InChI=1S/C22H33N5O4/c1-2-30-21(28)17-5-3-4-6-19(17)31-22(29)18-12-16-11-14(7-9-15(16)13-25-18)8-10-20(23)26-27-24/h3-6,14-16,18,25,27H,2,7-13,24H2,1H3,(H2,23,26). The number of rotatable bonds is 8. The molecule has 0 spiro atoms. The van der Waals surface area contributed by atoms with Crippen LogP contribution in [0.4, 0.5) is 0 Å². The van der Waals surface area contributed by atoms with Gasteiger partial charge < -0.3 is 20.5 Å². The highest BCUT2D eigenvalue weighted by Gasteiger charge is 2.38. The molecule has 4 atom stereocenters. The molecule has 0 aromatic heterocycles. The Morgan fingerprint density at radius 2 is 2.03 bits per heavy atom. The third kappa shape index (κ3) is 6.18. The van der Waals surface area contributed by atoms with Crippen molar-refractivity contribution in [2.45, 2.75) is 51.5 Å². The van der Waals surface area contributed by atoms with Crippen molar-refractivity contribution in [2.24, 2.45) is 34.4 Å². The minimum absolute atomic E-state index is 0.236. The molecule has 1 saturated carbocycles. The van der Waals surface area contributed by atoms with Crippen molar-refractivity contribution in [1.82, 2.24) is 10.9 Å². The lowest BCUT2D eigenvalue weighted by Gasteiger charge is -2.42. The molecule has 0 bridgehead atoms. The number of nitrogens with two attached hydrogens (primary N) is 2. The predicted molar refractivity (Wildman–Crippen MR) is 117 cm³/mol. The molecule has 6 N–H and O–H groups in total. The maximum absolute atomic E-state index is 12.9. The van der Waals surface area contributed by atoms with E-state index in [4.69, 9.17) is 21.1 Å². The summed E-state index contributed by atoms with van der Waals surface area (Å²) in [6.07, 6.45) is 5.78. The van der Waals surface area contributed by atoms with Gasteiger partial charge in [-0.3, -0.25) is 0 Å². The summed E-state index contributed by atoms with van der Waals surface area (Å²) in [4.78, 5) is 25.0. The number of hydrogen-bond donors (Lipinski definition) is 4. The van der Waals surface area contributed by atoms with E-state index in [1.165, 1.54) is 0 Å². The van der Waals surface area contributed by atoms with E-state index in [1.54, 1.807) is 31.2 Å². The molecular weight excluding hydrogens is 398 g/mol. The zero-order valence-corrected chi connectivity index (χ0v) is 18.0. The van der Waals surface area contributed by atoms with E-state index in [2.05, 4.69) is 16.0 Å². The van der Waals surface area contributed by atoms with Gasteiger partial charge in [0, 0.05) is 6.42 Å². The number of hydrogen-bond acceptors (Lipinski definition) is 8. The predicted octanol–water partition coefficient (Wildman–Crippen LogP) is 1.68. The number of para-hydroxylation sites is 1. The van der Waals surface area contributed by atoms with Crippen molar-refractivity contribution in [3.05, 3.63) is 29.8 Å². The van der Waals surface area contributed by atoms with E-state index in [-0.39, 0.29) is 29.9 Å². The van der Waals surface area contributed by atoms with Crippen LogP contribution in [0.1, 0.15) is 55.8 Å². The Balaban J connectivity index is 1.57. The summed E-state index contributed by atoms with van der Waals surface area (Å²) in [7, 11) is 0. The van der Waals surface area contributed by atoms with Crippen LogP contribution in [0.5, 0.6) is 5.75 Å². The van der Waals surface area contributed by atoms with Crippen LogP contribution < -0.4 is 27.2 Å². The summed E-state index contributed by atoms with van der Waals surface area (Å²) < 4.78 is 10.7. The van der Waals surface area contributed by atoms with E-state index in [1.807, 2.05) is 0 Å². The number of nitrogens with zero attached hydrogens (tertiary/aromatic N) is 1. The number of carbonyl (C=O) groups excluding carboxylic acids is 2. The van der Waals surface area contributed by atoms with Crippen LogP contribution >= 0.6 is 0 Å². The molecule has 9 nitrogen and oxygen atoms in total. The van der Waals surface area contributed by atoms with Crippen molar-refractivity contribution in [1.29, 1.82) is 0 Å². The lowest BCUT2D eigenvalue weighted by molar-refractivity contribution is -0.138. The number of piperidine rings is 1. The second-order valence-corrected chi connectivity index (χ2v) is 8.30. The van der Waals surface area contributed by atoms with Gasteiger partial charge in [0.1, 0.15) is 23.2 Å². The molecule has 0 radical (unpaired) electrons. The van der Waals surface area contributed by atoms with Crippen LogP contribution in [0.2, 0.25) is 0 Å². The van der Waals surface area contributed by atoms with Gasteiger partial charge in [-0.2, -0.15) is 5.10 Å². The molecule has 2 fully saturated rings. The van der Waals surface area contributed by atoms with Gasteiger partial charge in [0.25, 0.3) is 0 Å². The number of esters is 2. The third-order valence-corrected chi connectivity index (χ3v) is 6.31. The molecule has 1 aromatic carbocycles. The average molecular weight is 432 g/mol. The highest BCUT2D eigenvalue weighted by Crippen LogP contribution is 2.40. The first-order valence-electron chi connectivity index (χ1n) is 11.0. The largest absolute Gasteiger partial charge is 0.462 e. The van der Waals surface area contributed by atoms with Crippen LogP contribution in [-0.4, -0.2) is 37.0 Å².